The molecule has 1 saturated heterocycles. The highest BCUT2D eigenvalue weighted by Crippen LogP contribution is 2.19. The van der Waals surface area contributed by atoms with Crippen LogP contribution >= 0.6 is 0 Å². The van der Waals surface area contributed by atoms with Crippen molar-refractivity contribution in [2.45, 2.75) is 50.6 Å². The van der Waals surface area contributed by atoms with Gasteiger partial charge in [-0.25, -0.2) is 0 Å². The van der Waals surface area contributed by atoms with Crippen molar-refractivity contribution in [1.82, 2.24) is 16.0 Å². The lowest BCUT2D eigenvalue weighted by Gasteiger charge is -2.20. The van der Waals surface area contributed by atoms with Gasteiger partial charge in [-0.15, -0.1) is 0 Å². The molecule has 0 radical (unpaired) electrons. The van der Waals surface area contributed by atoms with Crippen LogP contribution in [0.15, 0.2) is 35.3 Å². The lowest BCUT2D eigenvalue weighted by molar-refractivity contribution is -0.121. The van der Waals surface area contributed by atoms with Crippen LogP contribution in [0.4, 0.5) is 5.69 Å². The van der Waals surface area contributed by atoms with Gasteiger partial charge in [-0.05, 0) is 31.4 Å². The standard InChI is InChI=1S/C20H31N5O/c1-21-20(22-13-11-19(26)23-16-7-5-6-8-16)24-17-12-14-25(15-17)18-9-3-2-4-10-18/h2-4,9-10,16-17H,5-8,11-15H2,1H3,(H,23,26)(H2,21,22,24). The Balaban J connectivity index is 1.36. The van der Waals surface area contributed by atoms with E-state index in [4.69, 9.17) is 0 Å². The lowest BCUT2D eigenvalue weighted by Crippen LogP contribution is -2.45. The molecule has 0 bridgehead atoms. The van der Waals surface area contributed by atoms with Gasteiger partial charge in [0.2, 0.25) is 5.91 Å². The maximum Gasteiger partial charge on any atom is 0.221 e. The molecule has 6 nitrogen and oxygen atoms in total. The summed E-state index contributed by atoms with van der Waals surface area (Å²) in [6.45, 7) is 2.61. The van der Waals surface area contributed by atoms with Crippen LogP contribution in [-0.4, -0.2) is 50.6 Å². The molecule has 6 heteroatoms. The van der Waals surface area contributed by atoms with E-state index in [9.17, 15) is 4.79 Å². The van der Waals surface area contributed by atoms with E-state index in [0.29, 0.717) is 25.0 Å². The molecule has 1 aromatic carbocycles. The molecular weight excluding hydrogens is 326 g/mol. The number of aliphatic imine (C=N–C) groups is 1. The van der Waals surface area contributed by atoms with Gasteiger partial charge in [-0.2, -0.15) is 0 Å². The number of guanidine groups is 1. The van der Waals surface area contributed by atoms with Crippen molar-refractivity contribution in [3.63, 3.8) is 0 Å². The van der Waals surface area contributed by atoms with E-state index in [2.05, 4.69) is 50.1 Å². The van der Waals surface area contributed by atoms with Crippen LogP contribution in [0.1, 0.15) is 38.5 Å². The first-order valence-corrected chi connectivity index (χ1v) is 9.81. The summed E-state index contributed by atoms with van der Waals surface area (Å²) in [7, 11) is 1.78. The first-order valence-electron chi connectivity index (χ1n) is 9.81. The number of anilines is 1. The molecule has 0 aromatic heterocycles. The molecule has 2 aliphatic rings. The second kappa shape index (κ2) is 9.46. The number of hydrogen-bond acceptors (Lipinski definition) is 3. The topological polar surface area (TPSA) is 68.8 Å². The maximum atomic E-state index is 12.0. The molecule has 1 atom stereocenters. The highest BCUT2D eigenvalue weighted by Gasteiger charge is 2.23. The predicted octanol–water partition coefficient (Wildman–Crippen LogP) is 1.88. The smallest absolute Gasteiger partial charge is 0.221 e. The van der Waals surface area contributed by atoms with Crippen LogP contribution in [0, 0.1) is 0 Å². The van der Waals surface area contributed by atoms with E-state index in [1.807, 2.05) is 6.07 Å². The first kappa shape index (κ1) is 18.5. The van der Waals surface area contributed by atoms with Gasteiger partial charge in [0.1, 0.15) is 0 Å². The molecular formula is C20H31N5O. The number of para-hydroxylation sites is 1. The van der Waals surface area contributed by atoms with Crippen LogP contribution in [0.2, 0.25) is 0 Å². The Bertz CT molecular complexity index is 597. The van der Waals surface area contributed by atoms with E-state index >= 15 is 0 Å². The number of nitrogens with one attached hydrogen (secondary N) is 3. The molecule has 1 aliphatic carbocycles. The summed E-state index contributed by atoms with van der Waals surface area (Å²) in [5.74, 6) is 0.912. The van der Waals surface area contributed by atoms with Crippen LogP contribution in [0.25, 0.3) is 0 Å². The van der Waals surface area contributed by atoms with Crippen LogP contribution < -0.4 is 20.9 Å². The zero-order valence-corrected chi connectivity index (χ0v) is 15.7. The highest BCUT2D eigenvalue weighted by atomic mass is 16.1. The Labute approximate surface area is 156 Å². The van der Waals surface area contributed by atoms with Crippen LogP contribution in [0.5, 0.6) is 0 Å². The fraction of sp³-hybridized carbons (Fsp3) is 0.600. The van der Waals surface area contributed by atoms with E-state index in [1.54, 1.807) is 7.05 Å². The summed E-state index contributed by atoms with van der Waals surface area (Å²) < 4.78 is 0. The Morgan fingerprint density at radius 1 is 1.12 bits per heavy atom. The molecule has 1 saturated carbocycles. The number of carbonyl (C=O) groups excluding carboxylic acids is 1. The Morgan fingerprint density at radius 3 is 2.62 bits per heavy atom. The summed E-state index contributed by atoms with van der Waals surface area (Å²) in [6, 6.07) is 11.3. The average molecular weight is 358 g/mol. The minimum Gasteiger partial charge on any atom is -0.369 e. The van der Waals surface area contributed by atoms with Gasteiger partial charge in [-0.3, -0.25) is 9.79 Å². The summed E-state index contributed by atoms with van der Waals surface area (Å²) in [4.78, 5) is 18.7. The first-order chi connectivity index (χ1) is 12.7. The molecule has 2 fully saturated rings. The normalized spacial score (nSPS) is 21.0. The minimum absolute atomic E-state index is 0.135. The maximum absolute atomic E-state index is 12.0. The highest BCUT2D eigenvalue weighted by molar-refractivity contribution is 5.81. The number of benzene rings is 1. The SMILES string of the molecule is CN=C(NCCC(=O)NC1CCCC1)NC1CCN(c2ccccc2)C1. The molecule has 0 spiro atoms. The minimum atomic E-state index is 0.135. The van der Waals surface area contributed by atoms with Gasteiger partial charge in [0.05, 0.1) is 0 Å². The van der Waals surface area contributed by atoms with Gasteiger partial charge < -0.3 is 20.9 Å². The van der Waals surface area contributed by atoms with Crippen molar-refractivity contribution in [2.75, 3.05) is 31.6 Å². The average Bonchev–Trinajstić information content (AvgIpc) is 3.33. The zero-order valence-electron chi connectivity index (χ0n) is 15.7. The fourth-order valence-electron chi connectivity index (χ4n) is 3.80. The van der Waals surface area contributed by atoms with Gasteiger partial charge >= 0.3 is 0 Å². The Kier molecular flexibility index (Phi) is 6.75. The van der Waals surface area contributed by atoms with Gasteiger partial charge in [-0.1, -0.05) is 31.0 Å². The lowest BCUT2D eigenvalue weighted by atomic mass is 10.2. The molecule has 1 amide bonds. The van der Waals surface area contributed by atoms with Gasteiger partial charge in [0.25, 0.3) is 0 Å². The predicted molar refractivity (Wildman–Crippen MR) is 107 cm³/mol. The largest absolute Gasteiger partial charge is 0.369 e. The van der Waals surface area contributed by atoms with E-state index < -0.39 is 0 Å². The number of hydrogen-bond donors (Lipinski definition) is 3. The van der Waals surface area contributed by atoms with Gasteiger partial charge in [0, 0.05) is 50.9 Å². The number of amides is 1. The molecule has 26 heavy (non-hydrogen) atoms. The molecule has 1 aliphatic heterocycles. The van der Waals surface area contributed by atoms with Crippen molar-refractivity contribution in [2.24, 2.45) is 4.99 Å². The van der Waals surface area contributed by atoms with Crippen molar-refractivity contribution in [1.29, 1.82) is 0 Å². The molecule has 3 rings (SSSR count). The van der Waals surface area contributed by atoms with E-state index in [-0.39, 0.29) is 5.91 Å². The number of rotatable bonds is 6. The number of carbonyl (C=O) groups is 1. The molecule has 1 unspecified atom stereocenters. The zero-order chi connectivity index (χ0) is 18.2. The Morgan fingerprint density at radius 2 is 1.88 bits per heavy atom. The summed E-state index contributed by atoms with van der Waals surface area (Å²) in [5, 5.41) is 9.87. The summed E-state index contributed by atoms with van der Waals surface area (Å²) in [6.07, 6.45) is 6.29. The monoisotopic (exact) mass is 357 g/mol. The molecule has 3 N–H and O–H groups in total. The fourth-order valence-corrected chi connectivity index (χ4v) is 3.80. The van der Waals surface area contributed by atoms with E-state index in [1.165, 1.54) is 18.5 Å². The van der Waals surface area contributed by atoms with Crippen molar-refractivity contribution in [3.8, 4) is 0 Å². The van der Waals surface area contributed by atoms with Crippen molar-refractivity contribution >= 4 is 17.6 Å². The van der Waals surface area contributed by atoms with Crippen molar-refractivity contribution < 1.29 is 4.79 Å². The van der Waals surface area contributed by atoms with Crippen molar-refractivity contribution in [3.05, 3.63) is 30.3 Å². The summed E-state index contributed by atoms with van der Waals surface area (Å²) >= 11 is 0. The Hall–Kier alpha value is -2.24. The molecule has 142 valence electrons. The van der Waals surface area contributed by atoms with Gasteiger partial charge in [0.15, 0.2) is 5.96 Å². The number of nitrogens with zero attached hydrogens (tertiary/aromatic N) is 2. The van der Waals surface area contributed by atoms with Crippen LogP contribution in [-0.2, 0) is 4.79 Å². The second-order valence-corrected chi connectivity index (χ2v) is 7.21. The third kappa shape index (κ3) is 5.38. The van der Waals surface area contributed by atoms with E-state index in [0.717, 1.165) is 38.3 Å². The quantitative estimate of drug-likeness (QED) is 0.537. The molecule has 1 aromatic rings. The third-order valence-electron chi connectivity index (χ3n) is 5.24. The second-order valence-electron chi connectivity index (χ2n) is 7.21. The summed E-state index contributed by atoms with van der Waals surface area (Å²) in [5.41, 5.74) is 1.27. The molecule has 1 heterocycles. The third-order valence-corrected chi connectivity index (χ3v) is 5.24. The van der Waals surface area contributed by atoms with Crippen LogP contribution in [0.3, 0.4) is 0 Å².